The quantitative estimate of drug-likeness (QED) is 0.176. The maximum absolute atomic E-state index is 6.73. The zero-order valence-corrected chi connectivity index (χ0v) is 31.2. The predicted octanol–water partition coefficient (Wildman–Crippen LogP) is 13.9. The van der Waals surface area contributed by atoms with Crippen LogP contribution in [0.2, 0.25) is 0 Å². The van der Waals surface area contributed by atoms with Crippen LogP contribution < -0.4 is 0 Å². The molecule has 0 saturated heterocycles. The van der Waals surface area contributed by atoms with Gasteiger partial charge in [-0.15, -0.1) is 11.3 Å². The summed E-state index contributed by atoms with van der Waals surface area (Å²) >= 11 is 1.82. The number of rotatable bonds is 5. The number of furan rings is 1. The van der Waals surface area contributed by atoms with Crippen molar-refractivity contribution in [2.45, 2.75) is 0 Å². The highest BCUT2D eigenvalue weighted by Crippen LogP contribution is 2.44. The minimum Gasteiger partial charge on any atom is -0.454 e. The van der Waals surface area contributed by atoms with E-state index >= 15 is 0 Å². The minimum atomic E-state index is 0.651. The molecule has 57 heavy (non-hydrogen) atoms. The molecular formula is C51H30N4OS. The molecule has 12 aromatic rings. The Hall–Kier alpha value is -7.41. The summed E-state index contributed by atoms with van der Waals surface area (Å²) in [6.07, 6.45) is 0. The Kier molecular flexibility index (Phi) is 7.03. The number of thiophene rings is 1. The number of fused-ring (bicyclic) bond motifs is 9. The molecule has 0 aliphatic heterocycles. The second kappa shape index (κ2) is 12.6. The van der Waals surface area contributed by atoms with Crippen LogP contribution in [0.3, 0.4) is 0 Å². The molecule has 6 heteroatoms. The summed E-state index contributed by atoms with van der Waals surface area (Å²) in [6, 6.07) is 63.7. The maximum atomic E-state index is 6.73. The fourth-order valence-corrected chi connectivity index (χ4v) is 9.63. The van der Waals surface area contributed by atoms with Crippen LogP contribution in [-0.2, 0) is 0 Å². The first kappa shape index (κ1) is 31.9. The minimum absolute atomic E-state index is 0.651. The van der Waals surface area contributed by atoms with E-state index in [2.05, 4.69) is 126 Å². The molecule has 0 fully saturated rings. The van der Waals surface area contributed by atoms with Crippen molar-refractivity contribution in [3.05, 3.63) is 182 Å². The van der Waals surface area contributed by atoms with Crippen molar-refractivity contribution in [2.24, 2.45) is 0 Å². The number of benzene rings is 8. The standard InChI is InChI=1S/C51H30N4OS/c1-3-13-31(14-4-1)49-52-50(32-15-5-2-6-16-32)54-51(53-49)34-26-28-46-41(30-34)39-21-11-19-35(48(39)57-46)33-25-27-45-40(29-33)38-20-12-24-44(47(38)56-45)55-42-22-9-7-17-36(42)37-18-8-10-23-43(37)55/h1-30H. The molecule has 8 aromatic carbocycles. The van der Waals surface area contributed by atoms with Gasteiger partial charge in [-0.25, -0.2) is 15.0 Å². The lowest BCUT2D eigenvalue weighted by atomic mass is 10.00. The monoisotopic (exact) mass is 746 g/mol. The van der Waals surface area contributed by atoms with Crippen molar-refractivity contribution in [3.8, 4) is 51.0 Å². The van der Waals surface area contributed by atoms with Crippen LogP contribution in [0.25, 0.3) is 115 Å². The van der Waals surface area contributed by atoms with Crippen molar-refractivity contribution in [2.75, 3.05) is 0 Å². The Morgan fingerprint density at radius 2 is 0.965 bits per heavy atom. The fourth-order valence-electron chi connectivity index (χ4n) is 8.41. The SMILES string of the molecule is c1ccc(-c2nc(-c3ccccc3)nc(-c3ccc4sc5c(-c6ccc7oc8c(-n9c%10ccccc%10c%10ccccc%109)cccc8c7c6)cccc5c4c3)n2)cc1. The average Bonchev–Trinajstić information content (AvgIpc) is 3.96. The summed E-state index contributed by atoms with van der Waals surface area (Å²) in [5.74, 6) is 1.96. The van der Waals surface area contributed by atoms with Crippen molar-refractivity contribution in [1.82, 2.24) is 19.5 Å². The average molecular weight is 747 g/mol. The smallest absolute Gasteiger partial charge is 0.164 e. The van der Waals surface area contributed by atoms with Gasteiger partial charge in [0.15, 0.2) is 23.1 Å². The summed E-state index contributed by atoms with van der Waals surface area (Å²) in [7, 11) is 0. The molecule has 4 aromatic heterocycles. The molecule has 4 heterocycles. The molecule has 0 aliphatic rings. The molecule has 0 atom stereocenters. The van der Waals surface area contributed by atoms with E-state index in [1.165, 1.54) is 36.5 Å². The fraction of sp³-hybridized carbons (Fsp3) is 0. The van der Waals surface area contributed by atoms with Crippen LogP contribution in [-0.4, -0.2) is 19.5 Å². The lowest BCUT2D eigenvalue weighted by Crippen LogP contribution is -2.00. The van der Waals surface area contributed by atoms with E-state index in [4.69, 9.17) is 19.4 Å². The number of aromatic nitrogens is 4. The third kappa shape index (κ3) is 5.04. The summed E-state index contributed by atoms with van der Waals surface area (Å²) in [5.41, 5.74) is 10.3. The second-order valence-electron chi connectivity index (χ2n) is 14.4. The highest BCUT2D eigenvalue weighted by molar-refractivity contribution is 7.26. The van der Waals surface area contributed by atoms with Crippen LogP contribution in [0.1, 0.15) is 0 Å². The third-order valence-corrected chi connectivity index (χ3v) is 12.3. The van der Waals surface area contributed by atoms with E-state index in [0.29, 0.717) is 17.5 Å². The summed E-state index contributed by atoms with van der Waals surface area (Å²) in [5, 5.41) is 7.05. The molecule has 0 saturated carbocycles. The zero-order valence-electron chi connectivity index (χ0n) is 30.4. The van der Waals surface area contributed by atoms with Crippen LogP contribution in [0.4, 0.5) is 0 Å². The van der Waals surface area contributed by atoms with Gasteiger partial charge < -0.3 is 8.98 Å². The van der Waals surface area contributed by atoms with E-state index in [0.717, 1.165) is 60.9 Å². The molecule has 266 valence electrons. The molecular weight excluding hydrogens is 717 g/mol. The number of nitrogens with zero attached hydrogens (tertiary/aromatic N) is 4. The number of para-hydroxylation sites is 3. The summed E-state index contributed by atoms with van der Waals surface area (Å²) < 4.78 is 11.5. The Labute approximate surface area is 330 Å². The van der Waals surface area contributed by atoms with Crippen LogP contribution >= 0.6 is 11.3 Å². The first-order valence-electron chi connectivity index (χ1n) is 19.0. The lowest BCUT2D eigenvalue weighted by molar-refractivity contribution is 0.666. The normalized spacial score (nSPS) is 11.9. The second-order valence-corrected chi connectivity index (χ2v) is 15.4. The molecule has 0 unspecified atom stereocenters. The molecule has 0 spiro atoms. The van der Waals surface area contributed by atoms with Crippen LogP contribution in [0, 0.1) is 0 Å². The van der Waals surface area contributed by atoms with Gasteiger partial charge in [0.25, 0.3) is 0 Å². The maximum Gasteiger partial charge on any atom is 0.164 e. The van der Waals surface area contributed by atoms with Gasteiger partial charge in [-0.2, -0.15) is 0 Å². The third-order valence-electron chi connectivity index (χ3n) is 11.1. The molecule has 0 N–H and O–H groups in total. The predicted molar refractivity (Wildman–Crippen MR) is 236 cm³/mol. The molecule has 0 bridgehead atoms. The van der Waals surface area contributed by atoms with Gasteiger partial charge in [0.2, 0.25) is 0 Å². The van der Waals surface area contributed by atoms with Crippen molar-refractivity contribution in [1.29, 1.82) is 0 Å². The highest BCUT2D eigenvalue weighted by Gasteiger charge is 2.19. The topological polar surface area (TPSA) is 56.7 Å². The van der Waals surface area contributed by atoms with Gasteiger partial charge in [0.1, 0.15) is 5.58 Å². The van der Waals surface area contributed by atoms with Gasteiger partial charge >= 0.3 is 0 Å². The van der Waals surface area contributed by atoms with Gasteiger partial charge in [-0.05, 0) is 59.7 Å². The first-order valence-corrected chi connectivity index (χ1v) is 19.8. The van der Waals surface area contributed by atoms with E-state index in [1.807, 2.05) is 72.0 Å². The molecule has 5 nitrogen and oxygen atoms in total. The van der Waals surface area contributed by atoms with E-state index in [1.54, 1.807) is 0 Å². The largest absolute Gasteiger partial charge is 0.454 e. The molecule has 0 amide bonds. The highest BCUT2D eigenvalue weighted by atomic mass is 32.1. The van der Waals surface area contributed by atoms with Crippen molar-refractivity contribution < 1.29 is 4.42 Å². The van der Waals surface area contributed by atoms with Crippen LogP contribution in [0.15, 0.2) is 186 Å². The van der Waals surface area contributed by atoms with E-state index < -0.39 is 0 Å². The number of hydrogen-bond acceptors (Lipinski definition) is 5. The zero-order chi connectivity index (χ0) is 37.5. The van der Waals surface area contributed by atoms with Gasteiger partial charge in [0.05, 0.1) is 16.7 Å². The number of hydrogen-bond donors (Lipinski definition) is 0. The molecule has 0 radical (unpaired) electrons. The van der Waals surface area contributed by atoms with Crippen molar-refractivity contribution >= 4 is 75.3 Å². The van der Waals surface area contributed by atoms with E-state index in [-0.39, 0.29) is 0 Å². The van der Waals surface area contributed by atoms with Crippen molar-refractivity contribution in [3.63, 3.8) is 0 Å². The Morgan fingerprint density at radius 1 is 0.404 bits per heavy atom. The Morgan fingerprint density at radius 3 is 1.67 bits per heavy atom. The summed E-state index contributed by atoms with van der Waals surface area (Å²) in [6.45, 7) is 0. The lowest BCUT2D eigenvalue weighted by Gasteiger charge is -2.08. The summed E-state index contributed by atoms with van der Waals surface area (Å²) in [4.78, 5) is 14.9. The Bertz CT molecular complexity index is 3420. The van der Waals surface area contributed by atoms with E-state index in [9.17, 15) is 0 Å². The van der Waals surface area contributed by atoms with Gasteiger partial charge in [0, 0.05) is 58.4 Å². The van der Waals surface area contributed by atoms with Crippen LogP contribution in [0.5, 0.6) is 0 Å². The molecule has 12 rings (SSSR count). The Balaban J connectivity index is 0.991. The van der Waals surface area contributed by atoms with Gasteiger partial charge in [-0.3, -0.25) is 0 Å². The van der Waals surface area contributed by atoms with Gasteiger partial charge in [-0.1, -0.05) is 133 Å². The molecule has 0 aliphatic carbocycles. The first-order chi connectivity index (χ1) is 28.2.